The van der Waals surface area contributed by atoms with Crippen LogP contribution in [0.15, 0.2) is 54.9 Å². The van der Waals surface area contributed by atoms with E-state index in [0.29, 0.717) is 23.0 Å². The van der Waals surface area contributed by atoms with E-state index in [1.807, 2.05) is 28.8 Å². The van der Waals surface area contributed by atoms with E-state index in [4.69, 9.17) is 4.98 Å². The number of fused-ring (bicyclic) bond motifs is 1. The molecule has 0 unspecified atom stereocenters. The van der Waals surface area contributed by atoms with Crippen LogP contribution in [0.2, 0.25) is 0 Å². The molecule has 7 heteroatoms. The molecule has 0 aliphatic rings. The van der Waals surface area contributed by atoms with Crippen LogP contribution >= 0.6 is 0 Å². The van der Waals surface area contributed by atoms with Crippen LogP contribution < -0.4 is 5.32 Å². The van der Waals surface area contributed by atoms with Gasteiger partial charge in [-0.2, -0.15) is 0 Å². The maximum absolute atomic E-state index is 13.4. The molecule has 0 aliphatic heterocycles. The van der Waals surface area contributed by atoms with Gasteiger partial charge in [0.05, 0.1) is 23.7 Å². The van der Waals surface area contributed by atoms with Gasteiger partial charge in [0.1, 0.15) is 11.5 Å². The topological polar surface area (TPSA) is 75.3 Å². The highest BCUT2D eigenvalue weighted by molar-refractivity contribution is 5.80. The molecular weight excluding hydrogens is 357 g/mol. The number of hydrogen-bond donors (Lipinski definition) is 2. The van der Waals surface area contributed by atoms with Crippen LogP contribution in [0.25, 0.3) is 28.3 Å². The fourth-order valence-electron chi connectivity index (χ4n) is 3.05. The number of hydrogen-bond acceptors (Lipinski definition) is 5. The summed E-state index contributed by atoms with van der Waals surface area (Å²) in [5.41, 5.74) is 4.41. The molecule has 6 nitrogen and oxygen atoms in total. The number of anilines is 1. The monoisotopic (exact) mass is 377 g/mol. The first kappa shape index (κ1) is 18.1. The third-order valence-electron chi connectivity index (χ3n) is 4.42. The first-order valence-electron chi connectivity index (χ1n) is 9.14. The van der Waals surface area contributed by atoms with Crippen LogP contribution in [-0.4, -0.2) is 31.0 Å². The number of aliphatic hydroxyl groups excluding tert-OH is 1. The van der Waals surface area contributed by atoms with E-state index in [-0.39, 0.29) is 12.4 Å². The molecule has 0 radical (unpaired) electrons. The van der Waals surface area contributed by atoms with Crippen molar-refractivity contribution in [2.24, 2.45) is 0 Å². The smallest absolute Gasteiger partial charge is 0.223 e. The van der Waals surface area contributed by atoms with Crippen molar-refractivity contribution in [3.8, 4) is 22.6 Å². The average Bonchev–Trinajstić information content (AvgIpc) is 3.11. The number of halogens is 1. The van der Waals surface area contributed by atoms with Crippen molar-refractivity contribution >= 4 is 11.6 Å². The Kier molecular flexibility index (Phi) is 4.99. The number of nitrogens with one attached hydrogen (secondary N) is 1. The Morgan fingerprint density at radius 1 is 1.11 bits per heavy atom. The predicted molar refractivity (Wildman–Crippen MR) is 106 cm³/mol. The molecule has 28 heavy (non-hydrogen) atoms. The van der Waals surface area contributed by atoms with Gasteiger partial charge in [-0.05, 0) is 54.4 Å². The second-order valence-electron chi connectivity index (χ2n) is 6.43. The molecule has 4 rings (SSSR count). The van der Waals surface area contributed by atoms with E-state index in [0.717, 1.165) is 29.8 Å². The molecule has 0 saturated heterocycles. The molecule has 0 saturated carbocycles. The average molecular weight is 377 g/mol. The zero-order chi connectivity index (χ0) is 19.5. The Morgan fingerprint density at radius 3 is 2.68 bits per heavy atom. The molecule has 0 spiro atoms. The lowest BCUT2D eigenvalue weighted by atomic mass is 10.1. The second kappa shape index (κ2) is 7.74. The molecule has 3 heterocycles. The Hall–Kier alpha value is -3.32. The van der Waals surface area contributed by atoms with Gasteiger partial charge in [0.25, 0.3) is 0 Å². The molecule has 0 amide bonds. The molecule has 0 fully saturated rings. The molecule has 0 bridgehead atoms. The maximum atomic E-state index is 13.4. The van der Waals surface area contributed by atoms with E-state index in [1.165, 1.54) is 12.1 Å². The third-order valence-corrected chi connectivity index (χ3v) is 4.42. The zero-order valence-electron chi connectivity index (χ0n) is 15.4. The summed E-state index contributed by atoms with van der Waals surface area (Å²) >= 11 is 0. The Bertz CT molecular complexity index is 1110. The van der Waals surface area contributed by atoms with Crippen LogP contribution in [0.1, 0.15) is 18.9 Å². The summed E-state index contributed by atoms with van der Waals surface area (Å²) in [4.78, 5) is 13.7. The van der Waals surface area contributed by atoms with Crippen molar-refractivity contribution in [3.63, 3.8) is 0 Å². The normalized spacial score (nSPS) is 11.1. The van der Waals surface area contributed by atoms with E-state index < -0.39 is 0 Å². The van der Waals surface area contributed by atoms with Crippen LogP contribution in [0.5, 0.6) is 0 Å². The molecule has 0 aliphatic carbocycles. The van der Waals surface area contributed by atoms with Gasteiger partial charge in [-0.25, -0.2) is 19.3 Å². The van der Waals surface area contributed by atoms with Crippen molar-refractivity contribution < 1.29 is 9.50 Å². The number of nitrogens with zero attached hydrogens (tertiary/aromatic N) is 4. The zero-order valence-corrected chi connectivity index (χ0v) is 15.4. The van der Waals surface area contributed by atoms with Gasteiger partial charge in [-0.3, -0.25) is 4.40 Å². The minimum atomic E-state index is -0.301. The maximum Gasteiger partial charge on any atom is 0.223 e. The van der Waals surface area contributed by atoms with Crippen LogP contribution in [-0.2, 0) is 6.61 Å². The first-order chi connectivity index (χ1) is 13.7. The van der Waals surface area contributed by atoms with E-state index in [2.05, 4.69) is 22.2 Å². The summed E-state index contributed by atoms with van der Waals surface area (Å²) < 4.78 is 15.3. The number of aliphatic hydroxyl groups is 1. The minimum Gasteiger partial charge on any atom is -0.392 e. The van der Waals surface area contributed by atoms with E-state index in [9.17, 15) is 9.50 Å². The summed E-state index contributed by atoms with van der Waals surface area (Å²) in [7, 11) is 0. The minimum absolute atomic E-state index is 0.0663. The fraction of sp³-hybridized carbons (Fsp3) is 0.190. The Labute approximate surface area is 161 Å². The molecule has 1 aromatic carbocycles. The predicted octanol–water partition coefficient (Wildman–Crippen LogP) is 3.91. The van der Waals surface area contributed by atoms with Crippen LogP contribution in [0.4, 0.5) is 10.3 Å². The molecule has 3 aromatic heterocycles. The first-order valence-corrected chi connectivity index (χ1v) is 9.14. The highest BCUT2D eigenvalue weighted by Crippen LogP contribution is 2.32. The van der Waals surface area contributed by atoms with E-state index >= 15 is 0 Å². The second-order valence-corrected chi connectivity index (χ2v) is 6.43. The van der Waals surface area contributed by atoms with E-state index in [1.54, 1.807) is 18.3 Å². The number of aromatic nitrogens is 4. The Balaban J connectivity index is 1.92. The van der Waals surface area contributed by atoms with Crippen molar-refractivity contribution in [3.05, 3.63) is 66.2 Å². The summed E-state index contributed by atoms with van der Waals surface area (Å²) in [6.07, 6.45) is 4.53. The third kappa shape index (κ3) is 3.44. The highest BCUT2D eigenvalue weighted by Gasteiger charge is 2.18. The fourth-order valence-corrected chi connectivity index (χ4v) is 3.05. The van der Waals surface area contributed by atoms with Gasteiger partial charge in [0.2, 0.25) is 5.95 Å². The van der Waals surface area contributed by atoms with Crippen molar-refractivity contribution in [1.29, 1.82) is 0 Å². The number of benzene rings is 1. The Morgan fingerprint density at radius 2 is 1.93 bits per heavy atom. The molecule has 4 aromatic rings. The SMILES string of the molecule is CCCNc1nccc(-c2c(-c3ccc(F)cc3)nc3cc(CO)ccn23)n1. The summed E-state index contributed by atoms with van der Waals surface area (Å²) in [6, 6.07) is 11.7. The largest absolute Gasteiger partial charge is 0.392 e. The number of rotatable bonds is 6. The number of imidazole rings is 1. The van der Waals surface area contributed by atoms with Crippen LogP contribution in [0.3, 0.4) is 0 Å². The quantitative estimate of drug-likeness (QED) is 0.533. The number of pyridine rings is 1. The van der Waals surface area contributed by atoms with Crippen molar-refractivity contribution in [2.45, 2.75) is 20.0 Å². The molecule has 2 N–H and O–H groups in total. The molecule has 0 atom stereocenters. The molecular formula is C21H20FN5O. The lowest BCUT2D eigenvalue weighted by molar-refractivity contribution is 0.282. The summed E-state index contributed by atoms with van der Waals surface area (Å²) in [6.45, 7) is 2.79. The summed E-state index contributed by atoms with van der Waals surface area (Å²) in [5.74, 6) is 0.246. The highest BCUT2D eigenvalue weighted by atomic mass is 19.1. The molecule has 142 valence electrons. The lowest BCUT2D eigenvalue weighted by Gasteiger charge is -2.08. The van der Waals surface area contributed by atoms with Crippen molar-refractivity contribution in [1.82, 2.24) is 19.4 Å². The lowest BCUT2D eigenvalue weighted by Crippen LogP contribution is -2.05. The van der Waals surface area contributed by atoms with Crippen LogP contribution in [0, 0.1) is 5.82 Å². The van der Waals surface area contributed by atoms with Gasteiger partial charge < -0.3 is 10.4 Å². The standard InChI is InChI=1S/C21H20FN5O/c1-2-9-23-21-24-10-7-17(25-21)20-19(15-3-5-16(22)6-4-15)26-18-12-14(13-28)8-11-27(18)20/h3-8,10-12,28H,2,9,13H2,1H3,(H,23,24,25). The van der Waals surface area contributed by atoms with Gasteiger partial charge >= 0.3 is 0 Å². The summed E-state index contributed by atoms with van der Waals surface area (Å²) in [5, 5.41) is 12.6. The van der Waals surface area contributed by atoms with Crippen molar-refractivity contribution in [2.75, 3.05) is 11.9 Å². The van der Waals surface area contributed by atoms with Gasteiger partial charge in [-0.15, -0.1) is 0 Å². The van der Waals surface area contributed by atoms with Gasteiger partial charge in [0.15, 0.2) is 0 Å². The van der Waals surface area contributed by atoms with Gasteiger partial charge in [-0.1, -0.05) is 6.92 Å². The van der Waals surface area contributed by atoms with Gasteiger partial charge in [0, 0.05) is 24.5 Å².